The van der Waals surface area contributed by atoms with E-state index in [1.807, 2.05) is 0 Å². The summed E-state index contributed by atoms with van der Waals surface area (Å²) in [4.78, 5) is 0. The van der Waals surface area contributed by atoms with Gasteiger partial charge in [-0.25, -0.2) is 0 Å². The third-order valence-electron chi connectivity index (χ3n) is 8.60. The molecule has 8 N–H and O–H groups in total. The summed E-state index contributed by atoms with van der Waals surface area (Å²) in [6.45, 7) is 0.219. The van der Waals surface area contributed by atoms with Gasteiger partial charge >= 0.3 is 0 Å². The molecule has 10 atom stereocenters. The largest absolute Gasteiger partial charge is 0.396 e. The molecular weight excluding hydrogens is 736 g/mol. The van der Waals surface area contributed by atoms with Gasteiger partial charge in [0.15, 0.2) is 12.6 Å². The molecule has 55 heavy (non-hydrogen) atoms. The van der Waals surface area contributed by atoms with E-state index in [9.17, 15) is 40.9 Å². The van der Waals surface area contributed by atoms with Crippen LogP contribution in [0.3, 0.4) is 0 Å². The molecule has 2 aliphatic heterocycles. The Hall–Kier alpha value is -0.760. The number of hydrogen-bond donors (Lipinski definition) is 8. The van der Waals surface area contributed by atoms with Crippen molar-refractivity contribution in [1.29, 1.82) is 0 Å². The number of hydrogen-bond acceptors (Lipinski definition) is 19. The maximum atomic E-state index is 9.56. The van der Waals surface area contributed by atoms with Gasteiger partial charge in [-0.05, 0) is 51.4 Å². The van der Waals surface area contributed by atoms with Crippen LogP contribution in [0.15, 0.2) is 0 Å². The van der Waals surface area contributed by atoms with Crippen LogP contribution in [-0.4, -0.2) is 221 Å². The molecule has 0 unspecified atom stereocenters. The average Bonchev–Trinajstić information content (AvgIpc) is 3.19. The van der Waals surface area contributed by atoms with Gasteiger partial charge in [0.25, 0.3) is 0 Å². The zero-order valence-corrected chi connectivity index (χ0v) is 32.2. The Kier molecular flexibility index (Phi) is 30.3. The zero-order valence-electron chi connectivity index (χ0n) is 32.2. The fourth-order valence-electron chi connectivity index (χ4n) is 5.95. The highest BCUT2D eigenvalue weighted by molar-refractivity contribution is 4.96. The van der Waals surface area contributed by atoms with Crippen LogP contribution in [0.1, 0.15) is 51.4 Å². The van der Waals surface area contributed by atoms with E-state index < -0.39 is 61.4 Å². The SMILES string of the molecule is OCCCOC[C@H]1O[C@H](OC[C@H]2O[C@@H](OCCCO)[C@H](OCCCO)[C@@H](OCCCO)[C@@H]2OCCCO)[C@H](OCCCO)[C@@H](OCCCO)[C@H]1OCCCO. The summed E-state index contributed by atoms with van der Waals surface area (Å²) in [5.41, 5.74) is 0. The highest BCUT2D eigenvalue weighted by atomic mass is 16.8. The molecule has 0 amide bonds. The predicted octanol–water partition coefficient (Wildman–Crippen LogP) is -2.14. The van der Waals surface area contributed by atoms with E-state index in [1.54, 1.807) is 0 Å². The normalized spacial score (nSPS) is 28.6. The Balaban J connectivity index is 2.51. The van der Waals surface area contributed by atoms with Crippen LogP contribution in [0.4, 0.5) is 0 Å². The molecule has 19 heteroatoms. The minimum atomic E-state index is -1.12. The van der Waals surface area contributed by atoms with Gasteiger partial charge in [-0.3, -0.25) is 0 Å². The molecule has 2 fully saturated rings. The van der Waals surface area contributed by atoms with Crippen molar-refractivity contribution in [1.82, 2.24) is 0 Å². The molecule has 328 valence electrons. The van der Waals surface area contributed by atoms with E-state index in [4.69, 9.17) is 52.1 Å². The van der Waals surface area contributed by atoms with Crippen LogP contribution in [-0.2, 0) is 52.1 Å². The number of ether oxygens (including phenoxy) is 11. The van der Waals surface area contributed by atoms with Crippen molar-refractivity contribution < 1.29 is 93.0 Å². The molecule has 0 spiro atoms. The highest BCUT2D eigenvalue weighted by Crippen LogP contribution is 2.33. The van der Waals surface area contributed by atoms with Gasteiger partial charge in [-0.1, -0.05) is 0 Å². The van der Waals surface area contributed by atoms with Crippen LogP contribution in [0.2, 0.25) is 0 Å². The molecule has 0 aromatic heterocycles. The first-order chi connectivity index (χ1) is 27.0. The third-order valence-corrected chi connectivity index (χ3v) is 8.60. The summed E-state index contributed by atoms with van der Waals surface area (Å²) in [6.07, 6.45) is -6.13. The quantitative estimate of drug-likeness (QED) is 0.0314. The van der Waals surface area contributed by atoms with Gasteiger partial charge in [-0.2, -0.15) is 0 Å². The Morgan fingerprint density at radius 1 is 0.291 bits per heavy atom. The number of aliphatic hydroxyl groups is 8. The number of aliphatic hydroxyl groups excluding tert-OH is 8. The molecule has 2 aliphatic rings. The minimum absolute atomic E-state index is 0.0358. The molecule has 0 aromatic carbocycles. The summed E-state index contributed by atoms with van der Waals surface area (Å²) >= 11 is 0. The molecule has 2 heterocycles. The van der Waals surface area contributed by atoms with E-state index in [0.717, 1.165) is 0 Å². The van der Waals surface area contributed by atoms with E-state index in [-0.39, 0.29) is 119 Å². The topological polar surface area (TPSA) is 263 Å². The maximum absolute atomic E-state index is 9.56. The van der Waals surface area contributed by atoms with Gasteiger partial charge in [0, 0.05) is 99.1 Å². The monoisotopic (exact) mass is 806 g/mol. The lowest BCUT2D eigenvalue weighted by Crippen LogP contribution is -2.64. The van der Waals surface area contributed by atoms with Crippen molar-refractivity contribution in [2.24, 2.45) is 0 Å². The molecule has 19 nitrogen and oxygen atoms in total. The summed E-state index contributed by atoms with van der Waals surface area (Å²) in [5.74, 6) is 0. The molecule has 2 saturated heterocycles. The van der Waals surface area contributed by atoms with Gasteiger partial charge in [0.1, 0.15) is 48.8 Å². The molecule has 0 aliphatic carbocycles. The molecule has 0 saturated carbocycles. The lowest BCUT2D eigenvalue weighted by Gasteiger charge is -2.48. The summed E-state index contributed by atoms with van der Waals surface area (Å²) in [6, 6.07) is 0. The van der Waals surface area contributed by atoms with Gasteiger partial charge in [0.05, 0.1) is 19.8 Å². The van der Waals surface area contributed by atoms with Crippen LogP contribution in [0, 0.1) is 0 Å². The molecule has 0 bridgehead atoms. The fourth-order valence-corrected chi connectivity index (χ4v) is 5.95. The van der Waals surface area contributed by atoms with E-state index >= 15 is 0 Å². The Bertz CT molecular complexity index is 864. The van der Waals surface area contributed by atoms with Crippen molar-refractivity contribution in [3.63, 3.8) is 0 Å². The van der Waals surface area contributed by atoms with E-state index in [1.165, 1.54) is 0 Å². The van der Waals surface area contributed by atoms with Crippen molar-refractivity contribution in [3.8, 4) is 0 Å². The number of rotatable bonds is 36. The second-order valence-electron chi connectivity index (χ2n) is 13.0. The Labute approximate surface area is 324 Å². The molecule has 0 radical (unpaired) electrons. The average molecular weight is 807 g/mol. The molecule has 2 rings (SSSR count). The standard InChI is InChI=1S/C36H70O19/c37-9-1-17-45-25-27-29(46-18-2-10-38)31(48-20-4-12-40)34(51-23-7-15-43)36(54-27)53-26-28-30(47-19-3-11-39)32(49-21-5-13-41)33(50-22-6-14-42)35(55-28)52-24-8-16-44/h27-44H,1-26H2/t27-,28-,29+,30-,31+,32+,33-,34-,35-,36+/m1/s1. The second kappa shape index (κ2) is 33.1. The Morgan fingerprint density at radius 3 is 0.964 bits per heavy atom. The first-order valence-electron chi connectivity index (χ1n) is 19.7. The highest BCUT2D eigenvalue weighted by Gasteiger charge is 2.52. The van der Waals surface area contributed by atoms with Crippen LogP contribution in [0.25, 0.3) is 0 Å². The minimum Gasteiger partial charge on any atom is -0.396 e. The van der Waals surface area contributed by atoms with E-state index in [0.29, 0.717) is 51.4 Å². The lowest BCUT2D eigenvalue weighted by atomic mass is 9.97. The molecular formula is C36H70O19. The van der Waals surface area contributed by atoms with Gasteiger partial charge in [-0.15, -0.1) is 0 Å². The maximum Gasteiger partial charge on any atom is 0.187 e. The van der Waals surface area contributed by atoms with Crippen molar-refractivity contribution in [2.75, 3.05) is 119 Å². The first-order valence-corrected chi connectivity index (χ1v) is 19.7. The third kappa shape index (κ3) is 19.2. The lowest BCUT2D eigenvalue weighted by molar-refractivity contribution is -0.349. The van der Waals surface area contributed by atoms with Gasteiger partial charge in [0.2, 0.25) is 0 Å². The fraction of sp³-hybridized carbons (Fsp3) is 1.00. The molecule has 0 aromatic rings. The van der Waals surface area contributed by atoms with Crippen LogP contribution in [0.5, 0.6) is 0 Å². The first kappa shape index (κ1) is 50.4. The summed E-state index contributed by atoms with van der Waals surface area (Å²) in [7, 11) is 0. The zero-order chi connectivity index (χ0) is 39.9. The van der Waals surface area contributed by atoms with Gasteiger partial charge < -0.3 is 93.0 Å². The van der Waals surface area contributed by atoms with Crippen molar-refractivity contribution in [3.05, 3.63) is 0 Å². The second-order valence-corrected chi connectivity index (χ2v) is 13.0. The van der Waals surface area contributed by atoms with Crippen molar-refractivity contribution in [2.45, 2.75) is 113 Å². The van der Waals surface area contributed by atoms with E-state index in [2.05, 4.69) is 0 Å². The summed E-state index contributed by atoms with van der Waals surface area (Å²) in [5, 5.41) is 75.9. The van der Waals surface area contributed by atoms with Crippen molar-refractivity contribution >= 4 is 0 Å². The Morgan fingerprint density at radius 2 is 0.582 bits per heavy atom. The predicted molar refractivity (Wildman–Crippen MR) is 192 cm³/mol. The van der Waals surface area contributed by atoms with Crippen LogP contribution < -0.4 is 0 Å². The summed E-state index contributed by atoms with van der Waals surface area (Å²) < 4.78 is 68.9. The van der Waals surface area contributed by atoms with Crippen LogP contribution >= 0.6 is 0 Å². The smallest absolute Gasteiger partial charge is 0.187 e.